The SMILES string of the molecule is CCCNC(Cc1cccc(Br)c1)c1ccc(C)s1. The third-order valence-electron chi connectivity index (χ3n) is 3.07. The lowest BCUT2D eigenvalue weighted by Gasteiger charge is -2.17. The fourth-order valence-electron chi connectivity index (χ4n) is 2.13. The molecule has 0 saturated carbocycles. The molecule has 0 radical (unpaired) electrons. The Hall–Kier alpha value is -0.640. The molecule has 1 nitrogen and oxygen atoms in total. The molecule has 0 bridgehead atoms. The Bertz CT molecular complexity index is 521. The number of nitrogens with one attached hydrogen (secondary N) is 1. The smallest absolute Gasteiger partial charge is 0.0455 e. The lowest BCUT2D eigenvalue weighted by atomic mass is 10.0. The second kappa shape index (κ2) is 7.22. The first-order valence-electron chi connectivity index (χ1n) is 6.73. The first-order valence-corrected chi connectivity index (χ1v) is 8.34. The highest BCUT2D eigenvalue weighted by Gasteiger charge is 2.13. The Balaban J connectivity index is 2.13. The van der Waals surface area contributed by atoms with Gasteiger partial charge in [-0.25, -0.2) is 0 Å². The average Bonchev–Trinajstić information content (AvgIpc) is 2.81. The minimum Gasteiger partial charge on any atom is -0.309 e. The van der Waals surface area contributed by atoms with Crippen molar-refractivity contribution in [1.82, 2.24) is 5.32 Å². The highest BCUT2D eigenvalue weighted by molar-refractivity contribution is 9.10. The van der Waals surface area contributed by atoms with Gasteiger partial charge in [-0.05, 0) is 56.1 Å². The van der Waals surface area contributed by atoms with E-state index >= 15 is 0 Å². The van der Waals surface area contributed by atoms with Gasteiger partial charge in [-0.2, -0.15) is 0 Å². The van der Waals surface area contributed by atoms with Gasteiger partial charge < -0.3 is 5.32 Å². The molecule has 0 spiro atoms. The summed E-state index contributed by atoms with van der Waals surface area (Å²) < 4.78 is 1.15. The van der Waals surface area contributed by atoms with Crippen LogP contribution >= 0.6 is 27.3 Å². The van der Waals surface area contributed by atoms with E-state index in [1.54, 1.807) is 0 Å². The molecule has 0 amide bonds. The largest absolute Gasteiger partial charge is 0.309 e. The van der Waals surface area contributed by atoms with Crippen LogP contribution < -0.4 is 5.32 Å². The first kappa shape index (κ1) is 14.8. The minimum atomic E-state index is 0.424. The molecule has 1 aromatic carbocycles. The van der Waals surface area contributed by atoms with Gasteiger partial charge >= 0.3 is 0 Å². The average molecular weight is 338 g/mol. The third-order valence-corrected chi connectivity index (χ3v) is 4.68. The van der Waals surface area contributed by atoms with Gasteiger partial charge in [0.05, 0.1) is 0 Å². The molecule has 0 fully saturated rings. The van der Waals surface area contributed by atoms with Gasteiger partial charge in [-0.3, -0.25) is 0 Å². The second-order valence-electron chi connectivity index (χ2n) is 4.79. The lowest BCUT2D eigenvalue weighted by Crippen LogP contribution is -2.23. The maximum absolute atomic E-state index is 3.66. The summed E-state index contributed by atoms with van der Waals surface area (Å²) in [6, 6.07) is 13.5. The topological polar surface area (TPSA) is 12.0 Å². The van der Waals surface area contributed by atoms with Crippen molar-refractivity contribution in [3.05, 3.63) is 56.2 Å². The van der Waals surface area contributed by atoms with E-state index in [-0.39, 0.29) is 0 Å². The molecule has 0 saturated heterocycles. The molecule has 1 unspecified atom stereocenters. The maximum atomic E-state index is 3.66. The van der Waals surface area contributed by atoms with Crippen molar-refractivity contribution in [1.29, 1.82) is 0 Å². The van der Waals surface area contributed by atoms with Gasteiger partial charge in [-0.15, -0.1) is 11.3 Å². The summed E-state index contributed by atoms with van der Waals surface area (Å²) in [6.45, 7) is 5.45. The normalized spacial score (nSPS) is 12.6. The number of halogens is 1. The molecule has 2 rings (SSSR count). The summed E-state index contributed by atoms with van der Waals surface area (Å²) in [5.41, 5.74) is 1.37. The Morgan fingerprint density at radius 3 is 2.74 bits per heavy atom. The van der Waals surface area contributed by atoms with E-state index in [1.807, 2.05) is 11.3 Å². The van der Waals surface area contributed by atoms with Crippen molar-refractivity contribution >= 4 is 27.3 Å². The van der Waals surface area contributed by atoms with E-state index in [2.05, 4.69) is 71.5 Å². The monoisotopic (exact) mass is 337 g/mol. The zero-order chi connectivity index (χ0) is 13.7. The molecule has 1 atom stereocenters. The van der Waals surface area contributed by atoms with E-state index in [0.29, 0.717) is 6.04 Å². The highest BCUT2D eigenvalue weighted by atomic mass is 79.9. The molecule has 0 aliphatic rings. The van der Waals surface area contributed by atoms with E-state index in [0.717, 1.165) is 17.4 Å². The summed E-state index contributed by atoms with van der Waals surface area (Å²) in [6.07, 6.45) is 2.21. The van der Waals surface area contributed by atoms with E-state index < -0.39 is 0 Å². The Labute approximate surface area is 128 Å². The van der Waals surface area contributed by atoms with Gasteiger partial charge in [0.15, 0.2) is 0 Å². The van der Waals surface area contributed by atoms with Crippen LogP contribution in [-0.4, -0.2) is 6.54 Å². The molecule has 1 heterocycles. The zero-order valence-corrected chi connectivity index (χ0v) is 13.9. The van der Waals surface area contributed by atoms with Crippen molar-refractivity contribution < 1.29 is 0 Å². The van der Waals surface area contributed by atoms with Crippen molar-refractivity contribution in [2.75, 3.05) is 6.54 Å². The van der Waals surface area contributed by atoms with Crippen molar-refractivity contribution in [2.24, 2.45) is 0 Å². The molecule has 19 heavy (non-hydrogen) atoms. The minimum absolute atomic E-state index is 0.424. The van der Waals surface area contributed by atoms with Crippen LogP contribution in [0.3, 0.4) is 0 Å². The van der Waals surface area contributed by atoms with Gasteiger partial charge in [0.2, 0.25) is 0 Å². The molecule has 0 aliphatic heterocycles. The number of rotatable bonds is 6. The molecule has 2 aromatic rings. The predicted octanol–water partition coefficient (Wildman–Crippen LogP) is 5.10. The summed E-state index contributed by atoms with van der Waals surface area (Å²) in [4.78, 5) is 2.82. The summed E-state index contributed by atoms with van der Waals surface area (Å²) >= 11 is 5.44. The van der Waals surface area contributed by atoms with Crippen LogP contribution in [0, 0.1) is 6.92 Å². The van der Waals surface area contributed by atoms with Crippen LogP contribution in [0.15, 0.2) is 40.9 Å². The lowest BCUT2D eigenvalue weighted by molar-refractivity contribution is 0.536. The molecular formula is C16H20BrNS. The maximum Gasteiger partial charge on any atom is 0.0455 e. The number of benzene rings is 1. The van der Waals surface area contributed by atoms with Gasteiger partial charge in [0, 0.05) is 20.3 Å². The van der Waals surface area contributed by atoms with Crippen LogP contribution in [0.5, 0.6) is 0 Å². The molecule has 1 N–H and O–H groups in total. The first-order chi connectivity index (χ1) is 9.19. The van der Waals surface area contributed by atoms with Gasteiger partial charge in [-0.1, -0.05) is 35.0 Å². The van der Waals surface area contributed by atoms with E-state index in [9.17, 15) is 0 Å². The standard InChI is InChI=1S/C16H20BrNS/c1-3-9-18-15(16-8-7-12(2)19-16)11-13-5-4-6-14(17)10-13/h4-8,10,15,18H,3,9,11H2,1-2H3. The second-order valence-corrected chi connectivity index (χ2v) is 7.02. The number of thiophene rings is 1. The quantitative estimate of drug-likeness (QED) is 0.772. The Morgan fingerprint density at radius 1 is 1.26 bits per heavy atom. The fourth-order valence-corrected chi connectivity index (χ4v) is 3.53. The Morgan fingerprint density at radius 2 is 2.11 bits per heavy atom. The van der Waals surface area contributed by atoms with E-state index in [4.69, 9.17) is 0 Å². The van der Waals surface area contributed by atoms with Crippen molar-refractivity contribution in [3.8, 4) is 0 Å². The Kier molecular flexibility index (Phi) is 5.61. The van der Waals surface area contributed by atoms with Crippen LogP contribution in [0.4, 0.5) is 0 Å². The van der Waals surface area contributed by atoms with Gasteiger partial charge in [0.1, 0.15) is 0 Å². The fraction of sp³-hybridized carbons (Fsp3) is 0.375. The number of hydrogen-bond donors (Lipinski definition) is 1. The molecule has 3 heteroatoms. The zero-order valence-electron chi connectivity index (χ0n) is 11.4. The van der Waals surface area contributed by atoms with Crippen LogP contribution in [-0.2, 0) is 6.42 Å². The van der Waals surface area contributed by atoms with Crippen LogP contribution in [0.25, 0.3) is 0 Å². The number of aryl methyl sites for hydroxylation is 1. The third kappa shape index (κ3) is 4.44. The summed E-state index contributed by atoms with van der Waals surface area (Å²) in [5.74, 6) is 0. The van der Waals surface area contributed by atoms with E-state index in [1.165, 1.54) is 21.7 Å². The molecule has 0 aliphatic carbocycles. The van der Waals surface area contributed by atoms with Crippen LogP contribution in [0.1, 0.15) is 34.7 Å². The summed E-state index contributed by atoms with van der Waals surface area (Å²) in [5, 5.41) is 3.66. The van der Waals surface area contributed by atoms with Crippen molar-refractivity contribution in [3.63, 3.8) is 0 Å². The highest BCUT2D eigenvalue weighted by Crippen LogP contribution is 2.26. The molecule has 1 aromatic heterocycles. The summed E-state index contributed by atoms with van der Waals surface area (Å²) in [7, 11) is 0. The van der Waals surface area contributed by atoms with Crippen LogP contribution in [0.2, 0.25) is 0 Å². The number of hydrogen-bond acceptors (Lipinski definition) is 2. The molecule has 102 valence electrons. The van der Waals surface area contributed by atoms with Crippen molar-refractivity contribution in [2.45, 2.75) is 32.7 Å². The predicted molar refractivity (Wildman–Crippen MR) is 87.9 cm³/mol. The van der Waals surface area contributed by atoms with Gasteiger partial charge in [0.25, 0.3) is 0 Å². The molecular weight excluding hydrogens is 318 g/mol.